The lowest BCUT2D eigenvalue weighted by Gasteiger charge is -2.26. The Morgan fingerprint density at radius 2 is 2.11 bits per heavy atom. The van der Waals surface area contributed by atoms with Crippen molar-refractivity contribution in [3.63, 3.8) is 0 Å². The van der Waals surface area contributed by atoms with Crippen LogP contribution in [0, 0.1) is 0 Å². The van der Waals surface area contributed by atoms with E-state index in [1.54, 1.807) is 30.5 Å². The zero-order chi connectivity index (χ0) is 13.3. The molecular formula is C13H12ClN3OS. The predicted octanol–water partition coefficient (Wildman–Crippen LogP) is 2.03. The largest absolute Gasteiger partial charge is 0.371 e. The number of thiazole rings is 1. The fourth-order valence-electron chi connectivity index (χ4n) is 2.09. The van der Waals surface area contributed by atoms with E-state index in [0.717, 1.165) is 6.54 Å². The van der Waals surface area contributed by atoms with Gasteiger partial charge in [-0.25, -0.2) is 4.98 Å². The highest BCUT2D eigenvalue weighted by Gasteiger charge is 2.41. The van der Waals surface area contributed by atoms with Gasteiger partial charge in [-0.2, -0.15) is 0 Å². The Kier molecular flexibility index (Phi) is 3.26. The fourth-order valence-corrected chi connectivity index (χ4v) is 2.98. The molecule has 2 N–H and O–H groups in total. The maximum Gasteiger partial charge on any atom is 0.198 e. The third-order valence-electron chi connectivity index (χ3n) is 3.02. The summed E-state index contributed by atoms with van der Waals surface area (Å²) < 4.78 is 0. The maximum atomic E-state index is 11.1. The third kappa shape index (κ3) is 2.14. The third-order valence-corrected chi connectivity index (χ3v) is 4.15. The summed E-state index contributed by atoms with van der Waals surface area (Å²) in [6.07, 6.45) is 1.68. The second kappa shape index (κ2) is 4.92. The molecule has 0 bridgehead atoms. The van der Waals surface area contributed by atoms with Crippen LogP contribution in [0.3, 0.4) is 0 Å². The van der Waals surface area contributed by atoms with E-state index in [4.69, 9.17) is 11.6 Å². The average molecular weight is 294 g/mol. The molecule has 0 aliphatic carbocycles. The number of aliphatic hydroxyl groups is 1. The van der Waals surface area contributed by atoms with E-state index in [1.165, 1.54) is 11.3 Å². The number of rotatable bonds is 3. The van der Waals surface area contributed by atoms with Gasteiger partial charge < -0.3 is 10.4 Å². The van der Waals surface area contributed by atoms with Crippen LogP contribution >= 0.6 is 22.9 Å². The zero-order valence-corrected chi connectivity index (χ0v) is 11.6. The van der Waals surface area contributed by atoms with Crippen molar-refractivity contribution >= 4 is 28.8 Å². The summed E-state index contributed by atoms with van der Waals surface area (Å²) in [5, 5.41) is 17.3. The van der Waals surface area contributed by atoms with E-state index in [0.29, 0.717) is 28.0 Å². The topological polar surface area (TPSA) is 57.5 Å². The molecule has 98 valence electrons. The molecule has 1 atom stereocenters. The van der Waals surface area contributed by atoms with E-state index in [-0.39, 0.29) is 0 Å². The van der Waals surface area contributed by atoms with Gasteiger partial charge in [0, 0.05) is 23.1 Å². The molecule has 1 unspecified atom stereocenters. The number of halogens is 1. The first-order valence-corrected chi connectivity index (χ1v) is 7.14. The highest BCUT2D eigenvalue weighted by atomic mass is 35.5. The summed E-state index contributed by atoms with van der Waals surface area (Å²) in [6, 6.07) is 7.11. The predicted molar refractivity (Wildman–Crippen MR) is 76.9 cm³/mol. The molecule has 0 amide bonds. The van der Waals surface area contributed by atoms with Crippen molar-refractivity contribution in [3.8, 4) is 0 Å². The number of hydrogen-bond acceptors (Lipinski definition) is 5. The van der Waals surface area contributed by atoms with Crippen LogP contribution in [0.1, 0.15) is 10.6 Å². The van der Waals surface area contributed by atoms with Crippen LogP contribution in [0.2, 0.25) is 5.02 Å². The van der Waals surface area contributed by atoms with Gasteiger partial charge >= 0.3 is 0 Å². The van der Waals surface area contributed by atoms with E-state index in [1.807, 2.05) is 5.38 Å². The molecule has 3 rings (SSSR count). The molecule has 0 saturated heterocycles. The van der Waals surface area contributed by atoms with Crippen molar-refractivity contribution in [2.75, 3.05) is 13.1 Å². The van der Waals surface area contributed by atoms with Gasteiger partial charge in [-0.1, -0.05) is 23.7 Å². The second-order valence-corrected chi connectivity index (χ2v) is 5.54. The van der Waals surface area contributed by atoms with Crippen LogP contribution in [0.15, 0.2) is 40.8 Å². The van der Waals surface area contributed by atoms with Crippen LogP contribution in [0.5, 0.6) is 0 Å². The van der Waals surface area contributed by atoms with E-state index < -0.39 is 5.60 Å². The van der Waals surface area contributed by atoms with Gasteiger partial charge in [0.05, 0.1) is 6.54 Å². The first-order valence-electron chi connectivity index (χ1n) is 5.88. The summed E-state index contributed by atoms with van der Waals surface area (Å²) in [4.78, 5) is 8.60. The summed E-state index contributed by atoms with van der Waals surface area (Å²) in [7, 11) is 0. The molecule has 0 fully saturated rings. The number of benzene rings is 1. The summed E-state index contributed by atoms with van der Waals surface area (Å²) >= 11 is 7.31. The van der Waals surface area contributed by atoms with Gasteiger partial charge in [0.15, 0.2) is 5.60 Å². The van der Waals surface area contributed by atoms with E-state index >= 15 is 0 Å². The van der Waals surface area contributed by atoms with Crippen molar-refractivity contribution in [2.45, 2.75) is 5.60 Å². The molecule has 0 spiro atoms. The van der Waals surface area contributed by atoms with Crippen LogP contribution in [0.4, 0.5) is 0 Å². The quantitative estimate of drug-likeness (QED) is 0.910. The standard InChI is InChI=1S/C13H12ClN3OS/c14-10-3-1-9(2-4-10)13(18,11-15-5-6-16-11)12-17-7-8-19-12/h1-4,7-8,18H,5-6H2,(H,15,16). The summed E-state index contributed by atoms with van der Waals surface area (Å²) in [6.45, 7) is 1.40. The number of nitrogens with zero attached hydrogens (tertiary/aromatic N) is 2. The Bertz CT molecular complexity index is 597. The lowest BCUT2D eigenvalue weighted by Crippen LogP contribution is -2.43. The Labute approximate surface area is 119 Å². The number of nitrogens with one attached hydrogen (secondary N) is 1. The highest BCUT2D eigenvalue weighted by molar-refractivity contribution is 7.09. The highest BCUT2D eigenvalue weighted by Crippen LogP contribution is 2.33. The SMILES string of the molecule is OC(C1=NCCN1)(c1ccc(Cl)cc1)c1nccs1. The van der Waals surface area contributed by atoms with Crippen molar-refractivity contribution in [3.05, 3.63) is 51.4 Å². The normalized spacial score (nSPS) is 17.7. The Morgan fingerprint density at radius 1 is 1.32 bits per heavy atom. The number of amidine groups is 1. The van der Waals surface area contributed by atoms with Gasteiger partial charge in [-0.15, -0.1) is 11.3 Å². The molecule has 0 saturated carbocycles. The first-order chi connectivity index (χ1) is 9.21. The molecule has 1 aliphatic rings. The number of aliphatic imine (C=N–C) groups is 1. The van der Waals surface area contributed by atoms with Gasteiger partial charge in [-0.3, -0.25) is 4.99 Å². The first kappa shape index (κ1) is 12.6. The van der Waals surface area contributed by atoms with E-state index in [9.17, 15) is 5.11 Å². The Morgan fingerprint density at radius 3 is 2.68 bits per heavy atom. The lowest BCUT2D eigenvalue weighted by atomic mass is 9.93. The van der Waals surface area contributed by atoms with Gasteiger partial charge in [0.2, 0.25) is 0 Å². The molecule has 2 aromatic rings. The minimum Gasteiger partial charge on any atom is -0.371 e. The molecule has 1 aromatic carbocycles. The molecule has 2 heterocycles. The summed E-state index contributed by atoms with van der Waals surface area (Å²) in [5.74, 6) is 0.546. The molecule has 1 aromatic heterocycles. The molecule has 1 aliphatic heterocycles. The Balaban J connectivity index is 2.13. The molecule has 19 heavy (non-hydrogen) atoms. The zero-order valence-electron chi connectivity index (χ0n) is 10.0. The Hall–Kier alpha value is -1.43. The van der Waals surface area contributed by atoms with Gasteiger partial charge in [0.1, 0.15) is 10.8 Å². The summed E-state index contributed by atoms with van der Waals surface area (Å²) in [5.41, 5.74) is -0.616. The van der Waals surface area contributed by atoms with Crippen molar-refractivity contribution in [1.29, 1.82) is 0 Å². The van der Waals surface area contributed by atoms with Crippen molar-refractivity contribution in [2.24, 2.45) is 4.99 Å². The monoisotopic (exact) mass is 293 g/mol. The average Bonchev–Trinajstić information content (AvgIpc) is 3.12. The van der Waals surface area contributed by atoms with Crippen LogP contribution in [-0.2, 0) is 5.60 Å². The molecular weight excluding hydrogens is 282 g/mol. The van der Waals surface area contributed by atoms with Crippen LogP contribution < -0.4 is 5.32 Å². The van der Waals surface area contributed by atoms with Gasteiger partial charge in [0.25, 0.3) is 0 Å². The van der Waals surface area contributed by atoms with Crippen LogP contribution in [0.25, 0.3) is 0 Å². The minimum absolute atomic E-state index is 0.546. The fraction of sp³-hybridized carbons (Fsp3) is 0.231. The lowest BCUT2D eigenvalue weighted by molar-refractivity contribution is 0.152. The molecule has 0 radical (unpaired) electrons. The van der Waals surface area contributed by atoms with Gasteiger partial charge in [-0.05, 0) is 17.7 Å². The van der Waals surface area contributed by atoms with E-state index in [2.05, 4.69) is 15.3 Å². The number of hydrogen-bond donors (Lipinski definition) is 2. The second-order valence-electron chi connectivity index (χ2n) is 4.21. The minimum atomic E-state index is -1.32. The van der Waals surface area contributed by atoms with Crippen LogP contribution in [-0.4, -0.2) is 29.0 Å². The van der Waals surface area contributed by atoms with Crippen molar-refractivity contribution in [1.82, 2.24) is 10.3 Å². The molecule has 6 heteroatoms. The molecule has 4 nitrogen and oxygen atoms in total. The smallest absolute Gasteiger partial charge is 0.198 e. The maximum absolute atomic E-state index is 11.1. The number of aromatic nitrogens is 1. The van der Waals surface area contributed by atoms with Crippen molar-refractivity contribution < 1.29 is 5.11 Å².